The molecule has 19 heavy (non-hydrogen) atoms. The summed E-state index contributed by atoms with van der Waals surface area (Å²) >= 11 is 0. The van der Waals surface area contributed by atoms with E-state index in [9.17, 15) is 9.59 Å². The van der Waals surface area contributed by atoms with Crippen LogP contribution in [-0.2, 0) is 11.3 Å². The maximum absolute atomic E-state index is 11.7. The maximum atomic E-state index is 11.7. The third-order valence-electron chi connectivity index (χ3n) is 2.68. The van der Waals surface area contributed by atoms with Gasteiger partial charge in [-0.05, 0) is 30.3 Å². The molecule has 0 atom stereocenters. The third kappa shape index (κ3) is 3.51. The number of amides is 1. The molecule has 5 heteroatoms. The van der Waals surface area contributed by atoms with Gasteiger partial charge in [-0.3, -0.25) is 14.3 Å². The lowest BCUT2D eigenvalue weighted by atomic mass is 10.1. The Labute approximate surface area is 111 Å². The first-order valence-corrected chi connectivity index (χ1v) is 6.09. The number of Topliss-reactive ketones (excluding diaryl/α,β-unsaturated/α-hetero) is 1. The molecule has 0 fully saturated rings. The molecule has 2 rings (SSSR count). The summed E-state index contributed by atoms with van der Waals surface area (Å²) in [5.74, 6) is -0.0623. The molecule has 0 aliphatic heterocycles. The Morgan fingerprint density at radius 3 is 2.58 bits per heavy atom. The van der Waals surface area contributed by atoms with Crippen molar-refractivity contribution >= 4 is 17.4 Å². The fourth-order valence-electron chi connectivity index (χ4n) is 1.69. The number of aromatic nitrogens is 2. The van der Waals surface area contributed by atoms with E-state index in [0.717, 1.165) is 0 Å². The predicted octanol–water partition coefficient (Wildman–Crippen LogP) is 2.11. The van der Waals surface area contributed by atoms with E-state index in [0.29, 0.717) is 17.7 Å². The number of ketones is 1. The Morgan fingerprint density at radius 1 is 1.26 bits per heavy atom. The van der Waals surface area contributed by atoms with Gasteiger partial charge in [-0.1, -0.05) is 6.92 Å². The molecule has 0 aliphatic rings. The summed E-state index contributed by atoms with van der Waals surface area (Å²) in [6, 6.07) is 8.65. The van der Waals surface area contributed by atoms with Crippen molar-refractivity contribution in [2.75, 3.05) is 5.32 Å². The minimum absolute atomic E-state index is 0.0921. The fourth-order valence-corrected chi connectivity index (χ4v) is 1.69. The van der Waals surface area contributed by atoms with Crippen molar-refractivity contribution in [3.8, 4) is 0 Å². The summed E-state index contributed by atoms with van der Waals surface area (Å²) in [5.41, 5.74) is 1.33. The molecule has 0 unspecified atom stereocenters. The summed E-state index contributed by atoms with van der Waals surface area (Å²) in [7, 11) is 0. The highest BCUT2D eigenvalue weighted by atomic mass is 16.2. The van der Waals surface area contributed by atoms with Crippen LogP contribution >= 0.6 is 0 Å². The zero-order valence-electron chi connectivity index (χ0n) is 10.7. The Kier molecular flexibility index (Phi) is 4.07. The van der Waals surface area contributed by atoms with E-state index in [-0.39, 0.29) is 18.2 Å². The summed E-state index contributed by atoms with van der Waals surface area (Å²) in [5, 5.41) is 6.71. The summed E-state index contributed by atoms with van der Waals surface area (Å²) < 4.78 is 1.55. The monoisotopic (exact) mass is 257 g/mol. The minimum atomic E-state index is -0.154. The van der Waals surface area contributed by atoms with Gasteiger partial charge in [0.15, 0.2) is 5.78 Å². The number of carbonyl (C=O) groups excluding carboxylic acids is 2. The fraction of sp³-hybridized carbons (Fsp3) is 0.214. The largest absolute Gasteiger partial charge is 0.324 e. The molecule has 1 amide bonds. The summed E-state index contributed by atoms with van der Waals surface area (Å²) in [6.07, 6.45) is 3.83. The summed E-state index contributed by atoms with van der Waals surface area (Å²) in [4.78, 5) is 23.2. The van der Waals surface area contributed by atoms with Gasteiger partial charge in [0.2, 0.25) is 5.91 Å². The van der Waals surface area contributed by atoms with Crippen LogP contribution in [0.4, 0.5) is 5.69 Å². The molecule has 1 N–H and O–H groups in total. The molecule has 2 aromatic rings. The van der Waals surface area contributed by atoms with E-state index < -0.39 is 0 Å². The molecule has 5 nitrogen and oxygen atoms in total. The number of hydrogen-bond donors (Lipinski definition) is 1. The number of anilines is 1. The van der Waals surface area contributed by atoms with Gasteiger partial charge in [-0.15, -0.1) is 0 Å². The topological polar surface area (TPSA) is 64.0 Å². The maximum Gasteiger partial charge on any atom is 0.246 e. The van der Waals surface area contributed by atoms with Crippen LogP contribution in [0.1, 0.15) is 23.7 Å². The second-order valence-electron chi connectivity index (χ2n) is 4.11. The van der Waals surface area contributed by atoms with Gasteiger partial charge >= 0.3 is 0 Å². The average Bonchev–Trinajstić information content (AvgIpc) is 2.91. The highest BCUT2D eigenvalue weighted by Gasteiger charge is 2.05. The van der Waals surface area contributed by atoms with Crippen molar-refractivity contribution in [2.24, 2.45) is 0 Å². The Balaban J connectivity index is 1.96. The molecule has 1 aromatic heterocycles. The van der Waals surface area contributed by atoms with Crippen LogP contribution in [0, 0.1) is 0 Å². The molecule has 0 radical (unpaired) electrons. The van der Waals surface area contributed by atoms with E-state index in [1.54, 1.807) is 47.4 Å². The number of nitrogens with one attached hydrogen (secondary N) is 1. The Bertz CT molecular complexity index is 559. The number of benzene rings is 1. The molecule has 1 aromatic carbocycles. The average molecular weight is 257 g/mol. The van der Waals surface area contributed by atoms with Crippen molar-refractivity contribution in [1.82, 2.24) is 9.78 Å². The number of hydrogen-bond acceptors (Lipinski definition) is 3. The Hall–Kier alpha value is -2.43. The number of rotatable bonds is 5. The third-order valence-corrected chi connectivity index (χ3v) is 2.68. The van der Waals surface area contributed by atoms with E-state index in [1.165, 1.54) is 0 Å². The van der Waals surface area contributed by atoms with Crippen molar-refractivity contribution < 1.29 is 9.59 Å². The second kappa shape index (κ2) is 5.95. The second-order valence-corrected chi connectivity index (χ2v) is 4.11. The molecule has 0 bridgehead atoms. The van der Waals surface area contributed by atoms with Gasteiger partial charge in [0.05, 0.1) is 0 Å². The van der Waals surface area contributed by atoms with E-state index in [2.05, 4.69) is 10.4 Å². The van der Waals surface area contributed by atoms with Crippen LogP contribution < -0.4 is 5.32 Å². The van der Waals surface area contributed by atoms with Crippen LogP contribution in [0.15, 0.2) is 42.7 Å². The van der Waals surface area contributed by atoms with Gasteiger partial charge in [0, 0.05) is 30.1 Å². The first-order chi connectivity index (χ1) is 9.19. The van der Waals surface area contributed by atoms with Crippen molar-refractivity contribution in [1.29, 1.82) is 0 Å². The number of carbonyl (C=O) groups is 2. The smallest absolute Gasteiger partial charge is 0.246 e. The van der Waals surface area contributed by atoms with E-state index in [4.69, 9.17) is 0 Å². The molecule has 0 saturated heterocycles. The SMILES string of the molecule is CCC(=O)c1ccc(NC(=O)Cn2cccn2)cc1. The lowest BCUT2D eigenvalue weighted by Gasteiger charge is -2.06. The molecule has 0 aliphatic carbocycles. The molecule has 98 valence electrons. The predicted molar refractivity (Wildman–Crippen MR) is 71.9 cm³/mol. The van der Waals surface area contributed by atoms with Gasteiger partial charge in [0.25, 0.3) is 0 Å². The highest BCUT2D eigenvalue weighted by molar-refractivity contribution is 5.97. The zero-order chi connectivity index (χ0) is 13.7. The van der Waals surface area contributed by atoms with Crippen LogP contribution in [-0.4, -0.2) is 21.5 Å². The first-order valence-electron chi connectivity index (χ1n) is 6.09. The molecule has 1 heterocycles. The lowest BCUT2D eigenvalue weighted by molar-refractivity contribution is -0.116. The van der Waals surface area contributed by atoms with Crippen LogP contribution in [0.3, 0.4) is 0 Å². The quantitative estimate of drug-likeness (QED) is 0.834. The first kappa shape index (κ1) is 13.0. The van der Waals surface area contributed by atoms with Crippen LogP contribution in [0.5, 0.6) is 0 Å². The van der Waals surface area contributed by atoms with Gasteiger partial charge < -0.3 is 5.32 Å². The van der Waals surface area contributed by atoms with Crippen LogP contribution in [0.25, 0.3) is 0 Å². The lowest BCUT2D eigenvalue weighted by Crippen LogP contribution is -2.18. The van der Waals surface area contributed by atoms with Crippen molar-refractivity contribution in [3.05, 3.63) is 48.3 Å². The Morgan fingerprint density at radius 2 is 2.00 bits per heavy atom. The molecule has 0 spiro atoms. The van der Waals surface area contributed by atoms with Crippen molar-refractivity contribution in [2.45, 2.75) is 19.9 Å². The van der Waals surface area contributed by atoms with Crippen molar-refractivity contribution in [3.63, 3.8) is 0 Å². The van der Waals surface area contributed by atoms with E-state index in [1.807, 2.05) is 6.92 Å². The van der Waals surface area contributed by atoms with Gasteiger partial charge in [-0.25, -0.2) is 0 Å². The number of nitrogens with zero attached hydrogens (tertiary/aromatic N) is 2. The van der Waals surface area contributed by atoms with E-state index >= 15 is 0 Å². The standard InChI is InChI=1S/C14H15N3O2/c1-2-13(18)11-4-6-12(7-5-11)16-14(19)10-17-9-3-8-15-17/h3-9H,2,10H2,1H3,(H,16,19). The van der Waals surface area contributed by atoms with Gasteiger partial charge in [-0.2, -0.15) is 5.10 Å². The normalized spacial score (nSPS) is 10.2. The van der Waals surface area contributed by atoms with Gasteiger partial charge in [0.1, 0.15) is 6.54 Å². The molecular weight excluding hydrogens is 242 g/mol. The molecule has 0 saturated carbocycles. The summed E-state index contributed by atoms with van der Waals surface area (Å²) in [6.45, 7) is 1.99. The van der Waals surface area contributed by atoms with Crippen LogP contribution in [0.2, 0.25) is 0 Å². The highest BCUT2D eigenvalue weighted by Crippen LogP contribution is 2.11. The zero-order valence-corrected chi connectivity index (χ0v) is 10.7. The molecular formula is C14H15N3O2. The minimum Gasteiger partial charge on any atom is -0.324 e.